The van der Waals surface area contributed by atoms with Gasteiger partial charge in [-0.05, 0) is 31.0 Å². The number of amides is 2. The lowest BCUT2D eigenvalue weighted by atomic mass is 9.89. The number of carboxylic acid groups (broad SMARTS) is 1. The third kappa shape index (κ3) is 3.24. The molecule has 1 aromatic rings. The summed E-state index contributed by atoms with van der Waals surface area (Å²) in [5.74, 6) is -2.22. The second-order valence-corrected chi connectivity index (χ2v) is 4.62. The SMILES string of the molecule is COC1CC(NC(=O)Nc2ccc(F)c(C(=O)O)c2)C1. The van der Waals surface area contributed by atoms with E-state index < -0.39 is 23.4 Å². The molecule has 6 nitrogen and oxygen atoms in total. The van der Waals surface area contributed by atoms with E-state index in [-0.39, 0.29) is 17.8 Å². The average Bonchev–Trinajstić information content (AvgIpc) is 2.35. The number of carbonyl (C=O) groups is 2. The Hall–Kier alpha value is -2.15. The van der Waals surface area contributed by atoms with Gasteiger partial charge < -0.3 is 20.5 Å². The topological polar surface area (TPSA) is 87.7 Å². The van der Waals surface area contributed by atoms with Crippen molar-refractivity contribution in [2.24, 2.45) is 0 Å². The first-order valence-electron chi connectivity index (χ1n) is 6.12. The minimum absolute atomic E-state index is 0.0411. The lowest BCUT2D eigenvalue weighted by Crippen LogP contribution is -2.48. The van der Waals surface area contributed by atoms with Crippen molar-refractivity contribution in [3.05, 3.63) is 29.6 Å². The van der Waals surface area contributed by atoms with Gasteiger partial charge in [-0.3, -0.25) is 0 Å². The number of rotatable bonds is 4. The predicted octanol–water partition coefficient (Wildman–Crippen LogP) is 1.82. The molecule has 2 rings (SSSR count). The Labute approximate surface area is 114 Å². The van der Waals surface area contributed by atoms with E-state index in [9.17, 15) is 14.0 Å². The van der Waals surface area contributed by atoms with Gasteiger partial charge >= 0.3 is 12.0 Å². The fourth-order valence-corrected chi connectivity index (χ4v) is 2.00. The van der Waals surface area contributed by atoms with E-state index in [1.807, 2.05) is 0 Å². The highest BCUT2D eigenvalue weighted by molar-refractivity contribution is 5.93. The first-order valence-corrected chi connectivity index (χ1v) is 6.12. The molecule has 0 atom stereocenters. The number of hydrogen-bond acceptors (Lipinski definition) is 3. The fourth-order valence-electron chi connectivity index (χ4n) is 2.00. The number of benzene rings is 1. The maximum Gasteiger partial charge on any atom is 0.338 e. The molecule has 20 heavy (non-hydrogen) atoms. The highest BCUT2D eigenvalue weighted by atomic mass is 19.1. The number of urea groups is 1. The minimum Gasteiger partial charge on any atom is -0.478 e. The van der Waals surface area contributed by atoms with Gasteiger partial charge in [0.15, 0.2) is 0 Å². The number of halogens is 1. The second kappa shape index (κ2) is 5.87. The summed E-state index contributed by atoms with van der Waals surface area (Å²) >= 11 is 0. The maximum absolute atomic E-state index is 13.2. The first-order chi connectivity index (χ1) is 9.49. The zero-order valence-electron chi connectivity index (χ0n) is 10.9. The van der Waals surface area contributed by atoms with Gasteiger partial charge in [-0.1, -0.05) is 0 Å². The number of aromatic carboxylic acids is 1. The van der Waals surface area contributed by atoms with Crippen molar-refractivity contribution >= 4 is 17.7 Å². The van der Waals surface area contributed by atoms with Crippen LogP contribution >= 0.6 is 0 Å². The van der Waals surface area contributed by atoms with Gasteiger partial charge in [-0.25, -0.2) is 14.0 Å². The van der Waals surface area contributed by atoms with E-state index in [1.54, 1.807) is 7.11 Å². The molecule has 1 aliphatic carbocycles. The van der Waals surface area contributed by atoms with Crippen molar-refractivity contribution in [2.45, 2.75) is 25.0 Å². The molecule has 0 spiro atoms. The number of methoxy groups -OCH3 is 1. The lowest BCUT2D eigenvalue weighted by Gasteiger charge is -2.34. The molecule has 108 valence electrons. The monoisotopic (exact) mass is 282 g/mol. The van der Waals surface area contributed by atoms with Crippen LogP contribution in [0.5, 0.6) is 0 Å². The number of anilines is 1. The summed E-state index contributed by atoms with van der Waals surface area (Å²) in [5, 5.41) is 14.0. The van der Waals surface area contributed by atoms with Gasteiger partial charge in [0, 0.05) is 18.8 Å². The van der Waals surface area contributed by atoms with Crippen molar-refractivity contribution < 1.29 is 23.8 Å². The van der Waals surface area contributed by atoms with E-state index in [4.69, 9.17) is 9.84 Å². The smallest absolute Gasteiger partial charge is 0.338 e. The summed E-state index contributed by atoms with van der Waals surface area (Å²) in [6, 6.07) is 2.98. The third-order valence-electron chi connectivity index (χ3n) is 3.22. The van der Waals surface area contributed by atoms with E-state index in [2.05, 4.69) is 10.6 Å². The van der Waals surface area contributed by atoms with Gasteiger partial charge in [0.2, 0.25) is 0 Å². The first kappa shape index (κ1) is 14.3. The van der Waals surface area contributed by atoms with Gasteiger partial charge in [0.05, 0.1) is 11.7 Å². The van der Waals surface area contributed by atoms with Crippen LogP contribution in [0.15, 0.2) is 18.2 Å². The molecule has 0 heterocycles. The Balaban J connectivity index is 1.91. The van der Waals surface area contributed by atoms with Crippen LogP contribution in [0.2, 0.25) is 0 Å². The van der Waals surface area contributed by atoms with Crippen LogP contribution in [0.1, 0.15) is 23.2 Å². The van der Waals surface area contributed by atoms with E-state index in [1.165, 1.54) is 6.07 Å². The zero-order chi connectivity index (χ0) is 14.7. The molecule has 1 fully saturated rings. The third-order valence-corrected chi connectivity index (χ3v) is 3.22. The second-order valence-electron chi connectivity index (χ2n) is 4.62. The van der Waals surface area contributed by atoms with Crippen molar-refractivity contribution in [2.75, 3.05) is 12.4 Å². The molecule has 0 aromatic heterocycles. The fraction of sp³-hybridized carbons (Fsp3) is 0.385. The van der Waals surface area contributed by atoms with Crippen molar-refractivity contribution in [3.8, 4) is 0 Å². The quantitative estimate of drug-likeness (QED) is 0.786. The van der Waals surface area contributed by atoms with Gasteiger partial charge in [-0.2, -0.15) is 0 Å². The van der Waals surface area contributed by atoms with Crippen LogP contribution in [-0.4, -0.2) is 36.4 Å². The number of carbonyl (C=O) groups excluding carboxylic acids is 1. The van der Waals surface area contributed by atoms with Crippen LogP contribution < -0.4 is 10.6 Å². The van der Waals surface area contributed by atoms with Crippen molar-refractivity contribution in [1.29, 1.82) is 0 Å². The molecule has 1 aromatic carbocycles. The number of ether oxygens (including phenoxy) is 1. The Morgan fingerprint density at radius 1 is 1.40 bits per heavy atom. The molecule has 0 saturated heterocycles. The Bertz CT molecular complexity index is 529. The molecule has 3 N–H and O–H groups in total. The Kier molecular flexibility index (Phi) is 4.19. The maximum atomic E-state index is 13.2. The Morgan fingerprint density at radius 2 is 2.10 bits per heavy atom. The number of nitrogens with one attached hydrogen (secondary N) is 2. The summed E-state index contributed by atoms with van der Waals surface area (Å²) < 4.78 is 18.3. The highest BCUT2D eigenvalue weighted by Gasteiger charge is 2.30. The molecular weight excluding hydrogens is 267 g/mol. The molecule has 1 saturated carbocycles. The van der Waals surface area contributed by atoms with Crippen LogP contribution in [0, 0.1) is 5.82 Å². The molecule has 1 aliphatic rings. The average molecular weight is 282 g/mol. The van der Waals surface area contributed by atoms with Crippen LogP contribution in [0.25, 0.3) is 0 Å². The highest BCUT2D eigenvalue weighted by Crippen LogP contribution is 2.22. The molecule has 7 heteroatoms. The summed E-state index contributed by atoms with van der Waals surface area (Å²) in [7, 11) is 1.62. The molecule has 0 aliphatic heterocycles. The normalized spacial score (nSPS) is 20.9. The van der Waals surface area contributed by atoms with Crippen LogP contribution in [0.3, 0.4) is 0 Å². The summed E-state index contributed by atoms with van der Waals surface area (Å²) in [6.45, 7) is 0. The van der Waals surface area contributed by atoms with E-state index >= 15 is 0 Å². The Morgan fingerprint density at radius 3 is 2.70 bits per heavy atom. The van der Waals surface area contributed by atoms with Crippen LogP contribution in [-0.2, 0) is 4.74 Å². The van der Waals surface area contributed by atoms with Crippen molar-refractivity contribution in [1.82, 2.24) is 5.32 Å². The summed E-state index contributed by atoms with van der Waals surface area (Å²) in [6.07, 6.45) is 1.66. The zero-order valence-corrected chi connectivity index (χ0v) is 10.9. The van der Waals surface area contributed by atoms with Gasteiger partial charge in [0.25, 0.3) is 0 Å². The van der Waals surface area contributed by atoms with Crippen LogP contribution in [0.4, 0.5) is 14.9 Å². The minimum atomic E-state index is -1.38. The summed E-state index contributed by atoms with van der Waals surface area (Å²) in [5.41, 5.74) is -0.255. The van der Waals surface area contributed by atoms with E-state index in [0.29, 0.717) is 0 Å². The summed E-state index contributed by atoms with van der Waals surface area (Å²) in [4.78, 5) is 22.5. The molecule has 2 amide bonds. The lowest BCUT2D eigenvalue weighted by molar-refractivity contribution is 0.0210. The predicted molar refractivity (Wildman–Crippen MR) is 69.3 cm³/mol. The number of hydrogen-bond donors (Lipinski definition) is 3. The number of carboxylic acids is 1. The molecule has 0 bridgehead atoms. The van der Waals surface area contributed by atoms with Gasteiger partial charge in [-0.15, -0.1) is 0 Å². The van der Waals surface area contributed by atoms with E-state index in [0.717, 1.165) is 25.0 Å². The standard InChI is InChI=1S/C13H15FN2O4/c1-20-9-4-8(5-9)16-13(19)15-7-2-3-11(14)10(6-7)12(17)18/h2-3,6,8-9H,4-5H2,1H3,(H,17,18)(H2,15,16,19). The van der Waals surface area contributed by atoms with Gasteiger partial charge in [0.1, 0.15) is 5.82 Å². The molecular formula is C13H15FN2O4. The molecule has 0 unspecified atom stereocenters. The van der Waals surface area contributed by atoms with Crippen molar-refractivity contribution in [3.63, 3.8) is 0 Å². The largest absolute Gasteiger partial charge is 0.478 e. The molecule has 0 radical (unpaired) electrons.